The number of carbonyl (C=O) groups excluding carboxylic acids is 2. The first-order valence-corrected chi connectivity index (χ1v) is 9.44. The van der Waals surface area contributed by atoms with Crippen LogP contribution in [0, 0.1) is 22.7 Å². The molecule has 4 atom stereocenters. The van der Waals surface area contributed by atoms with Crippen LogP contribution in [-0.4, -0.2) is 18.7 Å². The maximum atomic E-state index is 12.5. The molecule has 3 nitrogen and oxygen atoms in total. The van der Waals surface area contributed by atoms with Crippen molar-refractivity contribution < 1.29 is 14.3 Å². The summed E-state index contributed by atoms with van der Waals surface area (Å²) in [6.07, 6.45) is 10.6. The number of allylic oxidation sites excluding steroid dienone is 5. The van der Waals surface area contributed by atoms with E-state index in [1.165, 1.54) is 44.1 Å². The molecular formula is C22H30O3. The van der Waals surface area contributed by atoms with E-state index in [1.807, 2.05) is 0 Å². The number of methoxy groups -OCH3 is 1. The van der Waals surface area contributed by atoms with Crippen molar-refractivity contribution in [2.24, 2.45) is 22.7 Å². The van der Waals surface area contributed by atoms with Crippen molar-refractivity contribution in [2.75, 3.05) is 7.11 Å². The molecule has 0 aromatic carbocycles. The van der Waals surface area contributed by atoms with Crippen molar-refractivity contribution in [2.45, 2.75) is 59.8 Å². The highest BCUT2D eigenvalue weighted by molar-refractivity contribution is 6.19. The van der Waals surface area contributed by atoms with E-state index in [2.05, 4.69) is 33.8 Å². The van der Waals surface area contributed by atoms with Gasteiger partial charge < -0.3 is 4.74 Å². The zero-order valence-corrected chi connectivity index (χ0v) is 16.1. The smallest absolute Gasteiger partial charge is 0.220 e. The van der Waals surface area contributed by atoms with E-state index in [-0.39, 0.29) is 28.2 Å². The molecule has 0 radical (unpaired) electrons. The maximum Gasteiger partial charge on any atom is 0.220 e. The minimum atomic E-state index is -0.188. The molecule has 0 aromatic heterocycles. The molecule has 0 spiro atoms. The zero-order valence-electron chi connectivity index (χ0n) is 16.1. The van der Waals surface area contributed by atoms with Crippen LogP contribution in [0.3, 0.4) is 0 Å². The van der Waals surface area contributed by atoms with Crippen molar-refractivity contribution in [3.8, 4) is 0 Å². The van der Waals surface area contributed by atoms with Gasteiger partial charge in [-0.15, -0.1) is 0 Å². The maximum absolute atomic E-state index is 12.5. The van der Waals surface area contributed by atoms with Crippen molar-refractivity contribution in [3.63, 3.8) is 0 Å². The normalized spacial score (nSPS) is 38.5. The lowest BCUT2D eigenvalue weighted by atomic mass is 9.46. The second kappa shape index (κ2) is 6.26. The first-order chi connectivity index (χ1) is 11.7. The van der Waals surface area contributed by atoms with Gasteiger partial charge in [-0.25, -0.2) is 0 Å². The van der Waals surface area contributed by atoms with Crippen LogP contribution in [0.2, 0.25) is 0 Å². The molecule has 0 aliphatic heterocycles. The van der Waals surface area contributed by atoms with Gasteiger partial charge in [-0.1, -0.05) is 32.4 Å². The number of hydrogen-bond donors (Lipinski definition) is 0. The van der Waals surface area contributed by atoms with Crippen LogP contribution in [0.4, 0.5) is 0 Å². The van der Waals surface area contributed by atoms with Crippen LogP contribution in [0.25, 0.3) is 0 Å². The van der Waals surface area contributed by atoms with Crippen LogP contribution in [-0.2, 0) is 14.3 Å². The predicted molar refractivity (Wildman–Crippen MR) is 98.9 cm³/mol. The monoisotopic (exact) mass is 342 g/mol. The first-order valence-electron chi connectivity index (χ1n) is 9.44. The Bertz CT molecular complexity index is 696. The van der Waals surface area contributed by atoms with Crippen molar-refractivity contribution in [1.29, 1.82) is 0 Å². The summed E-state index contributed by atoms with van der Waals surface area (Å²) in [6.45, 7) is 9.33. The van der Waals surface area contributed by atoms with Gasteiger partial charge in [0, 0.05) is 11.6 Å². The highest BCUT2D eigenvalue weighted by Crippen LogP contribution is 2.62. The fourth-order valence-electron chi connectivity index (χ4n) is 5.50. The Kier molecular flexibility index (Phi) is 4.55. The zero-order chi connectivity index (χ0) is 18.4. The van der Waals surface area contributed by atoms with Gasteiger partial charge in [0.25, 0.3) is 0 Å². The third-order valence-electron chi connectivity index (χ3n) is 7.51. The molecular weight excluding hydrogens is 312 g/mol. The van der Waals surface area contributed by atoms with E-state index in [1.54, 1.807) is 0 Å². The predicted octanol–water partition coefficient (Wildman–Crippen LogP) is 4.78. The molecule has 3 aliphatic rings. The van der Waals surface area contributed by atoms with Crippen LogP contribution < -0.4 is 0 Å². The molecule has 3 aliphatic carbocycles. The number of hydrogen-bond acceptors (Lipinski definition) is 3. The highest BCUT2D eigenvalue weighted by atomic mass is 16.5. The molecule has 3 heteroatoms. The molecule has 1 fully saturated rings. The van der Waals surface area contributed by atoms with E-state index in [4.69, 9.17) is 4.74 Å². The number of ketones is 2. The molecule has 1 saturated carbocycles. The van der Waals surface area contributed by atoms with Gasteiger partial charge in [-0.2, -0.15) is 0 Å². The molecule has 0 aromatic rings. The van der Waals surface area contributed by atoms with Crippen LogP contribution >= 0.6 is 0 Å². The minimum Gasteiger partial charge on any atom is -0.493 e. The Labute approximate surface area is 151 Å². The second-order valence-corrected chi connectivity index (χ2v) is 8.67. The number of fused-ring (bicyclic) bond motifs is 1. The molecule has 136 valence electrons. The van der Waals surface area contributed by atoms with Gasteiger partial charge in [0.1, 0.15) is 0 Å². The average Bonchev–Trinajstić information content (AvgIpc) is 2.57. The number of ether oxygens (including phenoxy) is 1. The fraction of sp³-hybridized carbons (Fsp3) is 0.636. The molecule has 0 heterocycles. The Morgan fingerprint density at radius 3 is 2.56 bits per heavy atom. The summed E-state index contributed by atoms with van der Waals surface area (Å²) < 4.78 is 5.01. The summed E-state index contributed by atoms with van der Waals surface area (Å²) in [5.74, 6) is 0.974. The largest absolute Gasteiger partial charge is 0.493 e. The van der Waals surface area contributed by atoms with Crippen LogP contribution in [0.15, 0.2) is 35.1 Å². The standard InChI is InChI=1S/C22H30O3/c1-14-7-6-8-20-21(14,3)10-9-15(2)22(20,4)13-16-11-18(24)19(25-5)12-17(16)23/h7,11-12,15,20H,6,8-10,13H2,1-5H3/t15-,20+,21+,22+/m0/s1. The van der Waals surface area contributed by atoms with Crippen LogP contribution in [0.5, 0.6) is 0 Å². The summed E-state index contributed by atoms with van der Waals surface area (Å²) in [5, 5.41) is 0. The lowest BCUT2D eigenvalue weighted by Gasteiger charge is -2.58. The Morgan fingerprint density at radius 2 is 1.88 bits per heavy atom. The molecule has 0 N–H and O–H groups in total. The quantitative estimate of drug-likeness (QED) is 0.547. The second-order valence-electron chi connectivity index (χ2n) is 8.67. The first kappa shape index (κ1) is 18.2. The minimum absolute atomic E-state index is 0.0305. The third-order valence-corrected chi connectivity index (χ3v) is 7.51. The molecule has 0 bridgehead atoms. The van der Waals surface area contributed by atoms with E-state index >= 15 is 0 Å². The van der Waals surface area contributed by atoms with Gasteiger partial charge in [-0.3, -0.25) is 9.59 Å². The number of rotatable bonds is 3. The summed E-state index contributed by atoms with van der Waals surface area (Å²) in [7, 11) is 1.43. The summed E-state index contributed by atoms with van der Waals surface area (Å²) in [4.78, 5) is 24.7. The summed E-state index contributed by atoms with van der Waals surface area (Å²) in [6, 6.07) is 0. The molecule has 0 saturated heterocycles. The van der Waals surface area contributed by atoms with E-state index in [0.29, 0.717) is 23.8 Å². The van der Waals surface area contributed by atoms with E-state index in [9.17, 15) is 9.59 Å². The Morgan fingerprint density at radius 1 is 1.16 bits per heavy atom. The van der Waals surface area contributed by atoms with Gasteiger partial charge in [0.15, 0.2) is 11.5 Å². The van der Waals surface area contributed by atoms with Crippen LogP contribution in [0.1, 0.15) is 59.8 Å². The van der Waals surface area contributed by atoms with Crippen molar-refractivity contribution >= 4 is 11.6 Å². The van der Waals surface area contributed by atoms with Gasteiger partial charge >= 0.3 is 0 Å². The Balaban J connectivity index is 1.94. The van der Waals surface area contributed by atoms with Crippen molar-refractivity contribution in [3.05, 3.63) is 35.1 Å². The molecule has 3 rings (SSSR count). The van der Waals surface area contributed by atoms with E-state index < -0.39 is 0 Å². The molecule has 0 amide bonds. The molecule has 0 unspecified atom stereocenters. The fourth-order valence-corrected chi connectivity index (χ4v) is 5.50. The van der Waals surface area contributed by atoms with E-state index in [0.717, 1.165) is 6.42 Å². The number of carbonyl (C=O) groups is 2. The summed E-state index contributed by atoms with van der Waals surface area (Å²) >= 11 is 0. The molecule has 25 heavy (non-hydrogen) atoms. The lowest BCUT2D eigenvalue weighted by Crippen LogP contribution is -2.50. The van der Waals surface area contributed by atoms with Gasteiger partial charge in [0.2, 0.25) is 5.78 Å². The Hall–Kier alpha value is -1.64. The summed E-state index contributed by atoms with van der Waals surface area (Å²) in [5.41, 5.74) is 2.40. The highest BCUT2D eigenvalue weighted by Gasteiger charge is 2.53. The van der Waals surface area contributed by atoms with Gasteiger partial charge in [0.05, 0.1) is 7.11 Å². The average molecular weight is 342 g/mol. The SMILES string of the molecule is COC1=CC(=O)C(C[C@]2(C)[C@@H](C)CC[C@]3(C)C(C)=CCC[C@@H]23)=CC1=O. The topological polar surface area (TPSA) is 43.4 Å². The third kappa shape index (κ3) is 2.82. The van der Waals surface area contributed by atoms with Gasteiger partial charge in [-0.05, 0) is 67.8 Å². The lowest BCUT2D eigenvalue weighted by molar-refractivity contribution is -0.118. The van der Waals surface area contributed by atoms with Crippen molar-refractivity contribution in [1.82, 2.24) is 0 Å².